The van der Waals surface area contributed by atoms with Crippen LogP contribution in [-0.2, 0) is 11.3 Å². The number of aromatic nitrogens is 4. The van der Waals surface area contributed by atoms with Gasteiger partial charge in [-0.25, -0.2) is 14.6 Å². The Bertz CT molecular complexity index is 1020. The van der Waals surface area contributed by atoms with E-state index in [1.54, 1.807) is 55.1 Å². The molecule has 0 fully saturated rings. The Kier molecular flexibility index (Phi) is 8.07. The van der Waals surface area contributed by atoms with Gasteiger partial charge in [-0.2, -0.15) is 5.10 Å². The van der Waals surface area contributed by atoms with E-state index in [0.717, 1.165) is 16.9 Å². The fourth-order valence-corrected chi connectivity index (χ4v) is 3.68. The number of hydrogen-bond donors (Lipinski definition) is 2. The fourth-order valence-electron chi connectivity index (χ4n) is 2.97. The zero-order valence-corrected chi connectivity index (χ0v) is 19.0. The molecule has 3 aromatic rings. The third-order valence-corrected chi connectivity index (χ3v) is 5.24. The van der Waals surface area contributed by atoms with Gasteiger partial charge < -0.3 is 20.1 Å². The maximum Gasteiger partial charge on any atom is 0.255 e. The molecule has 9 nitrogen and oxygen atoms in total. The Morgan fingerprint density at radius 3 is 2.74 bits per heavy atom. The predicted molar refractivity (Wildman–Crippen MR) is 122 cm³/mol. The normalized spacial score (nSPS) is 11.1. The number of carbonyl (C=O) groups is 1. The fraction of sp³-hybridized carbons (Fsp3) is 0.429. The smallest absolute Gasteiger partial charge is 0.255 e. The Balaban J connectivity index is 1.75. The third-order valence-electron chi connectivity index (χ3n) is 4.38. The molecule has 10 heteroatoms. The lowest BCUT2D eigenvalue weighted by Crippen LogP contribution is -2.28. The molecule has 0 aliphatic heterocycles. The van der Waals surface area contributed by atoms with Crippen LogP contribution in [0.15, 0.2) is 35.6 Å². The molecular weight excluding hydrogens is 416 g/mol. The summed E-state index contributed by atoms with van der Waals surface area (Å²) < 4.78 is 12.2. The first-order chi connectivity index (χ1) is 15.0. The van der Waals surface area contributed by atoms with Crippen molar-refractivity contribution < 1.29 is 14.3 Å². The van der Waals surface area contributed by atoms with E-state index in [1.807, 2.05) is 6.07 Å². The van der Waals surface area contributed by atoms with E-state index < -0.39 is 0 Å². The molecule has 3 rings (SSSR count). The highest BCUT2D eigenvalue weighted by Crippen LogP contribution is 2.26. The minimum absolute atomic E-state index is 0.193. The van der Waals surface area contributed by atoms with Crippen molar-refractivity contribution in [3.63, 3.8) is 0 Å². The highest BCUT2D eigenvalue weighted by atomic mass is 32.2. The number of thioether (sulfide) groups is 1. The molecule has 0 atom stereocenters. The molecule has 0 aliphatic rings. The van der Waals surface area contributed by atoms with Gasteiger partial charge in [0.1, 0.15) is 11.6 Å². The number of fused-ring (bicyclic) bond motifs is 1. The third kappa shape index (κ3) is 5.86. The van der Waals surface area contributed by atoms with Crippen LogP contribution in [0.1, 0.15) is 24.2 Å². The van der Waals surface area contributed by atoms with Gasteiger partial charge in [0.15, 0.2) is 10.8 Å². The van der Waals surface area contributed by atoms with Crippen molar-refractivity contribution in [3.05, 3.63) is 36.0 Å². The van der Waals surface area contributed by atoms with Gasteiger partial charge in [0.2, 0.25) is 0 Å². The molecule has 2 aromatic heterocycles. The summed E-state index contributed by atoms with van der Waals surface area (Å²) >= 11 is 1.59. The maximum atomic E-state index is 12.5. The van der Waals surface area contributed by atoms with Crippen LogP contribution >= 0.6 is 11.8 Å². The molecule has 1 aromatic carbocycles. The first kappa shape index (κ1) is 22.8. The molecule has 2 heterocycles. The Morgan fingerprint density at radius 1 is 1.19 bits per heavy atom. The quantitative estimate of drug-likeness (QED) is 0.264. The summed E-state index contributed by atoms with van der Waals surface area (Å²) in [6.07, 6.45) is 1.75. The van der Waals surface area contributed by atoms with Crippen LogP contribution in [0.4, 0.5) is 5.82 Å². The minimum atomic E-state index is -0.193. The lowest BCUT2D eigenvalue weighted by atomic mass is 10.2. The highest BCUT2D eigenvalue weighted by Gasteiger charge is 2.15. The molecule has 0 aliphatic carbocycles. The van der Waals surface area contributed by atoms with Crippen LogP contribution in [0.25, 0.3) is 11.0 Å². The van der Waals surface area contributed by atoms with Gasteiger partial charge in [-0.3, -0.25) is 4.79 Å². The van der Waals surface area contributed by atoms with Crippen LogP contribution in [0, 0.1) is 0 Å². The maximum absolute atomic E-state index is 12.5. The van der Waals surface area contributed by atoms with Gasteiger partial charge in [-0.15, -0.1) is 0 Å². The topological polar surface area (TPSA) is 103 Å². The lowest BCUT2D eigenvalue weighted by molar-refractivity contribution is 0.0949. The summed E-state index contributed by atoms with van der Waals surface area (Å²) in [5, 5.41) is 12.5. The largest absolute Gasteiger partial charge is 0.496 e. The molecule has 0 saturated heterocycles. The molecule has 31 heavy (non-hydrogen) atoms. The molecule has 0 radical (unpaired) electrons. The van der Waals surface area contributed by atoms with Crippen LogP contribution in [-0.4, -0.2) is 64.8 Å². The van der Waals surface area contributed by atoms with E-state index in [1.165, 1.54) is 0 Å². The first-order valence-corrected chi connectivity index (χ1v) is 11.0. The number of anilines is 1. The van der Waals surface area contributed by atoms with E-state index in [-0.39, 0.29) is 5.91 Å². The standard InChI is InChI=1S/C21H28N6O3S/c1-14(2)31-21-25-18(22-10-12-29-3)16-13-24-27(19(16)26-21)11-9-23-20(28)15-7-5-6-8-17(15)30-4/h5-8,13-14H,9-12H2,1-4H3,(H,23,28)(H,22,25,26). The molecule has 2 N–H and O–H groups in total. The summed E-state index contributed by atoms with van der Waals surface area (Å²) in [4.78, 5) is 21.9. The summed E-state index contributed by atoms with van der Waals surface area (Å²) in [6, 6.07) is 7.13. The SMILES string of the molecule is COCCNc1nc(SC(C)C)nc2c1cnn2CCNC(=O)c1ccccc1OC. The van der Waals surface area contributed by atoms with E-state index in [0.29, 0.717) is 48.0 Å². The molecule has 0 saturated carbocycles. The average Bonchev–Trinajstić information content (AvgIpc) is 3.16. The number of ether oxygens (including phenoxy) is 2. The Labute approximate surface area is 185 Å². The predicted octanol–water partition coefficient (Wildman–Crippen LogP) is 2.82. The first-order valence-electron chi connectivity index (χ1n) is 10.1. The summed E-state index contributed by atoms with van der Waals surface area (Å²) in [5.41, 5.74) is 1.22. The minimum Gasteiger partial charge on any atom is -0.496 e. The van der Waals surface area contributed by atoms with Crippen LogP contribution < -0.4 is 15.4 Å². The average molecular weight is 445 g/mol. The number of carbonyl (C=O) groups excluding carboxylic acids is 1. The summed E-state index contributed by atoms with van der Waals surface area (Å²) in [6.45, 7) is 6.28. The van der Waals surface area contributed by atoms with Crippen molar-refractivity contribution in [3.8, 4) is 5.75 Å². The summed E-state index contributed by atoms with van der Waals surface area (Å²) in [7, 11) is 3.21. The number of para-hydroxylation sites is 1. The van der Waals surface area contributed by atoms with Gasteiger partial charge in [0.25, 0.3) is 5.91 Å². The van der Waals surface area contributed by atoms with Gasteiger partial charge in [0.05, 0.1) is 37.4 Å². The zero-order chi connectivity index (χ0) is 22.2. The van der Waals surface area contributed by atoms with Crippen LogP contribution in [0.3, 0.4) is 0 Å². The number of nitrogens with zero attached hydrogens (tertiary/aromatic N) is 4. The van der Waals surface area contributed by atoms with Crippen LogP contribution in [0.2, 0.25) is 0 Å². The number of benzene rings is 1. The zero-order valence-electron chi connectivity index (χ0n) is 18.2. The van der Waals surface area contributed by atoms with Crippen molar-refractivity contribution in [1.82, 2.24) is 25.1 Å². The van der Waals surface area contributed by atoms with Crippen molar-refractivity contribution >= 4 is 34.5 Å². The highest BCUT2D eigenvalue weighted by molar-refractivity contribution is 7.99. The molecule has 0 bridgehead atoms. The second-order valence-corrected chi connectivity index (χ2v) is 8.55. The van der Waals surface area contributed by atoms with Crippen molar-refractivity contribution in [2.75, 3.05) is 39.2 Å². The second kappa shape index (κ2) is 11.0. The van der Waals surface area contributed by atoms with Gasteiger partial charge in [0, 0.05) is 25.4 Å². The van der Waals surface area contributed by atoms with Crippen molar-refractivity contribution in [2.45, 2.75) is 30.8 Å². The molecular formula is C21H28N6O3S. The van der Waals surface area contributed by atoms with E-state index in [9.17, 15) is 4.79 Å². The number of methoxy groups -OCH3 is 2. The van der Waals surface area contributed by atoms with E-state index in [4.69, 9.17) is 14.5 Å². The number of hydrogen-bond acceptors (Lipinski definition) is 8. The van der Waals surface area contributed by atoms with E-state index >= 15 is 0 Å². The lowest BCUT2D eigenvalue weighted by Gasteiger charge is -2.11. The monoisotopic (exact) mass is 444 g/mol. The van der Waals surface area contributed by atoms with Gasteiger partial charge in [-0.05, 0) is 12.1 Å². The Hall–Kier alpha value is -2.85. The van der Waals surface area contributed by atoms with E-state index in [2.05, 4.69) is 34.6 Å². The summed E-state index contributed by atoms with van der Waals surface area (Å²) in [5.74, 6) is 1.08. The molecule has 166 valence electrons. The second-order valence-electron chi connectivity index (χ2n) is 7.00. The van der Waals surface area contributed by atoms with Crippen LogP contribution in [0.5, 0.6) is 5.75 Å². The van der Waals surface area contributed by atoms with Gasteiger partial charge in [-0.1, -0.05) is 37.7 Å². The number of rotatable bonds is 11. The molecule has 0 unspecified atom stereocenters. The Morgan fingerprint density at radius 2 is 2.00 bits per heavy atom. The molecule has 1 amide bonds. The number of amides is 1. The van der Waals surface area contributed by atoms with Gasteiger partial charge >= 0.3 is 0 Å². The van der Waals surface area contributed by atoms with Crippen molar-refractivity contribution in [2.24, 2.45) is 0 Å². The van der Waals surface area contributed by atoms with Crippen molar-refractivity contribution in [1.29, 1.82) is 0 Å². The molecule has 0 spiro atoms. The number of nitrogens with one attached hydrogen (secondary N) is 2.